The predicted molar refractivity (Wildman–Crippen MR) is 87.1 cm³/mol. The lowest BCUT2D eigenvalue weighted by molar-refractivity contribution is 0.547. The van der Waals surface area contributed by atoms with E-state index in [1.807, 2.05) is 12.1 Å². The van der Waals surface area contributed by atoms with Gasteiger partial charge in [0.1, 0.15) is 0 Å². The van der Waals surface area contributed by atoms with Crippen molar-refractivity contribution in [2.75, 3.05) is 25.4 Å². The Morgan fingerprint density at radius 2 is 2.00 bits per heavy atom. The summed E-state index contributed by atoms with van der Waals surface area (Å²) in [5.41, 5.74) is 2.65. The lowest BCUT2D eigenvalue weighted by Gasteiger charge is -2.30. The quantitative estimate of drug-likeness (QED) is 0.650. The average molecular weight is 310 g/mol. The van der Waals surface area contributed by atoms with Gasteiger partial charge in [0.15, 0.2) is 0 Å². The van der Waals surface area contributed by atoms with Crippen molar-refractivity contribution in [1.82, 2.24) is 10.0 Å². The van der Waals surface area contributed by atoms with Gasteiger partial charge in [-0.2, -0.15) is 0 Å². The number of rotatable bonds is 10. The van der Waals surface area contributed by atoms with Gasteiger partial charge in [-0.1, -0.05) is 31.2 Å². The molecule has 0 amide bonds. The second-order valence-electron chi connectivity index (χ2n) is 5.72. The molecule has 1 aromatic rings. The maximum Gasteiger partial charge on any atom is 0.211 e. The van der Waals surface area contributed by atoms with Crippen molar-refractivity contribution in [2.45, 2.75) is 38.5 Å². The number of hydrogen-bond acceptors (Lipinski definition) is 3. The maximum absolute atomic E-state index is 11.9. The van der Waals surface area contributed by atoms with Crippen molar-refractivity contribution < 1.29 is 8.42 Å². The number of fused-ring (bicyclic) bond motifs is 1. The van der Waals surface area contributed by atoms with Gasteiger partial charge in [0.05, 0.1) is 5.75 Å². The average Bonchev–Trinajstić information content (AvgIpc) is 2.43. The third-order valence-corrected chi connectivity index (χ3v) is 5.39. The molecule has 118 valence electrons. The Morgan fingerprint density at radius 3 is 2.76 bits per heavy atom. The summed E-state index contributed by atoms with van der Waals surface area (Å²) in [6, 6.07) is 8.26. The van der Waals surface area contributed by atoms with Gasteiger partial charge in [0.25, 0.3) is 0 Å². The van der Waals surface area contributed by atoms with Gasteiger partial charge in [-0.3, -0.25) is 0 Å². The highest BCUT2D eigenvalue weighted by Gasteiger charge is 2.26. The standard InChI is InChI=1S/C16H26N2O2S/c1-2-9-17-10-5-6-11-21(19,20)18-13-15-12-14-7-3-4-8-16(14)15/h3-4,7-8,15,17-18H,2,5-6,9-13H2,1H3. The van der Waals surface area contributed by atoms with Gasteiger partial charge in [0, 0.05) is 12.5 Å². The molecule has 0 saturated heterocycles. The molecular formula is C16H26N2O2S. The highest BCUT2D eigenvalue weighted by molar-refractivity contribution is 7.89. The molecule has 0 spiro atoms. The smallest absolute Gasteiger partial charge is 0.211 e. The molecule has 1 aliphatic carbocycles. The van der Waals surface area contributed by atoms with Crippen LogP contribution in [-0.4, -0.2) is 33.8 Å². The summed E-state index contributed by atoms with van der Waals surface area (Å²) in [6.07, 6.45) is 3.73. The summed E-state index contributed by atoms with van der Waals surface area (Å²) >= 11 is 0. The van der Waals surface area contributed by atoms with E-state index in [-0.39, 0.29) is 5.75 Å². The molecule has 0 aliphatic heterocycles. The lowest BCUT2D eigenvalue weighted by Crippen LogP contribution is -2.34. The maximum atomic E-state index is 11.9. The van der Waals surface area contributed by atoms with E-state index in [0.29, 0.717) is 18.9 Å². The van der Waals surface area contributed by atoms with Crippen LogP contribution >= 0.6 is 0 Å². The van der Waals surface area contributed by atoms with Gasteiger partial charge in [-0.05, 0) is 49.9 Å². The van der Waals surface area contributed by atoms with Crippen molar-refractivity contribution in [3.8, 4) is 0 Å². The Balaban J connectivity index is 1.64. The van der Waals surface area contributed by atoms with E-state index in [9.17, 15) is 8.42 Å². The van der Waals surface area contributed by atoms with Gasteiger partial charge in [-0.25, -0.2) is 13.1 Å². The molecule has 1 unspecified atom stereocenters. The highest BCUT2D eigenvalue weighted by Crippen LogP contribution is 2.34. The van der Waals surface area contributed by atoms with Crippen molar-refractivity contribution in [3.05, 3.63) is 35.4 Å². The fourth-order valence-corrected chi connectivity index (χ4v) is 3.87. The third kappa shape index (κ3) is 5.09. The minimum absolute atomic E-state index is 0.231. The molecule has 1 aliphatic rings. The first-order chi connectivity index (χ1) is 10.1. The van der Waals surface area contributed by atoms with Crippen LogP contribution in [0.4, 0.5) is 0 Å². The minimum Gasteiger partial charge on any atom is -0.317 e. The van der Waals surface area contributed by atoms with E-state index in [1.165, 1.54) is 11.1 Å². The molecule has 1 atom stereocenters. The molecule has 4 nitrogen and oxygen atoms in total. The van der Waals surface area contributed by atoms with Crippen molar-refractivity contribution in [3.63, 3.8) is 0 Å². The predicted octanol–water partition coefficient (Wildman–Crippen LogP) is 2.03. The summed E-state index contributed by atoms with van der Waals surface area (Å²) in [5.74, 6) is 0.581. The molecule has 0 aromatic heterocycles. The van der Waals surface area contributed by atoms with Gasteiger partial charge in [0.2, 0.25) is 10.0 Å². The van der Waals surface area contributed by atoms with Crippen LogP contribution in [0.25, 0.3) is 0 Å². The third-order valence-electron chi connectivity index (χ3n) is 3.95. The summed E-state index contributed by atoms with van der Waals surface area (Å²) in [5, 5.41) is 3.29. The van der Waals surface area contributed by atoms with Crippen LogP contribution in [0.3, 0.4) is 0 Å². The molecule has 2 N–H and O–H groups in total. The van der Waals surface area contributed by atoms with E-state index in [2.05, 4.69) is 29.1 Å². The molecule has 2 rings (SSSR count). The summed E-state index contributed by atoms with van der Waals surface area (Å²) in [4.78, 5) is 0. The second-order valence-corrected chi connectivity index (χ2v) is 7.65. The SMILES string of the molecule is CCCNCCCCS(=O)(=O)NCC1Cc2ccccc21. The van der Waals surface area contributed by atoms with E-state index in [1.54, 1.807) is 0 Å². The fraction of sp³-hybridized carbons (Fsp3) is 0.625. The molecule has 0 heterocycles. The molecule has 0 fully saturated rings. The number of benzene rings is 1. The Kier molecular flexibility index (Phi) is 6.21. The van der Waals surface area contributed by atoms with Crippen LogP contribution < -0.4 is 10.0 Å². The van der Waals surface area contributed by atoms with Gasteiger partial charge >= 0.3 is 0 Å². The van der Waals surface area contributed by atoms with Crippen LogP contribution in [0.1, 0.15) is 43.2 Å². The van der Waals surface area contributed by atoms with Crippen LogP contribution in [-0.2, 0) is 16.4 Å². The Bertz CT molecular complexity index is 543. The summed E-state index contributed by atoms with van der Waals surface area (Å²) < 4.78 is 26.6. The molecule has 21 heavy (non-hydrogen) atoms. The molecule has 0 bridgehead atoms. The highest BCUT2D eigenvalue weighted by atomic mass is 32.2. The zero-order valence-electron chi connectivity index (χ0n) is 12.8. The van der Waals surface area contributed by atoms with Crippen LogP contribution in [0.5, 0.6) is 0 Å². The second kappa shape index (κ2) is 7.92. The zero-order chi connectivity index (χ0) is 15.1. The topological polar surface area (TPSA) is 58.2 Å². The first kappa shape index (κ1) is 16.5. The van der Waals surface area contributed by atoms with E-state index >= 15 is 0 Å². The van der Waals surface area contributed by atoms with Crippen molar-refractivity contribution in [1.29, 1.82) is 0 Å². The van der Waals surface area contributed by atoms with Gasteiger partial charge in [-0.15, -0.1) is 0 Å². The Morgan fingerprint density at radius 1 is 1.19 bits per heavy atom. The summed E-state index contributed by atoms with van der Waals surface area (Å²) in [6.45, 7) is 4.57. The molecule has 5 heteroatoms. The van der Waals surface area contributed by atoms with E-state index < -0.39 is 10.0 Å². The van der Waals surface area contributed by atoms with Crippen LogP contribution in [0.2, 0.25) is 0 Å². The van der Waals surface area contributed by atoms with Gasteiger partial charge < -0.3 is 5.32 Å². The largest absolute Gasteiger partial charge is 0.317 e. The normalized spacial score (nSPS) is 17.3. The van der Waals surface area contributed by atoms with Crippen molar-refractivity contribution >= 4 is 10.0 Å². The number of unbranched alkanes of at least 4 members (excludes halogenated alkanes) is 1. The number of nitrogens with one attached hydrogen (secondary N) is 2. The first-order valence-corrected chi connectivity index (χ1v) is 9.53. The molecule has 0 radical (unpaired) electrons. The molecule has 0 saturated carbocycles. The van der Waals surface area contributed by atoms with Crippen molar-refractivity contribution in [2.24, 2.45) is 0 Å². The minimum atomic E-state index is -3.13. The molecule has 1 aromatic carbocycles. The first-order valence-electron chi connectivity index (χ1n) is 7.88. The van der Waals surface area contributed by atoms with E-state index in [4.69, 9.17) is 0 Å². The lowest BCUT2D eigenvalue weighted by atomic mass is 9.78. The zero-order valence-corrected chi connectivity index (χ0v) is 13.6. The number of sulfonamides is 1. The fourth-order valence-electron chi connectivity index (χ4n) is 2.69. The Hall–Kier alpha value is -0.910. The van der Waals surface area contributed by atoms with Crippen LogP contribution in [0, 0.1) is 0 Å². The van der Waals surface area contributed by atoms with E-state index in [0.717, 1.165) is 32.4 Å². The van der Waals surface area contributed by atoms with Crippen LogP contribution in [0.15, 0.2) is 24.3 Å². The monoisotopic (exact) mass is 310 g/mol. The molecular weight excluding hydrogens is 284 g/mol. The Labute approximate surface area is 128 Å². The summed E-state index contributed by atoms with van der Waals surface area (Å²) in [7, 11) is -3.13. The number of hydrogen-bond donors (Lipinski definition) is 2.